The zero-order chi connectivity index (χ0) is 18.0. The molecule has 0 aliphatic rings. The van der Waals surface area contributed by atoms with Gasteiger partial charge in [-0.1, -0.05) is 6.07 Å². The molecule has 0 heterocycles. The van der Waals surface area contributed by atoms with Crippen LogP contribution in [0.25, 0.3) is 0 Å². The van der Waals surface area contributed by atoms with Crippen LogP contribution in [0.15, 0.2) is 30.3 Å². The summed E-state index contributed by atoms with van der Waals surface area (Å²) in [6.45, 7) is 1.34. The number of halogens is 4. The molecule has 128 valence electrons. The summed E-state index contributed by atoms with van der Waals surface area (Å²) in [6, 6.07) is 2.65. The van der Waals surface area contributed by atoms with Crippen LogP contribution < -0.4 is 5.32 Å². The molecule has 2 rings (SSSR count). The number of hydrogen-bond acceptors (Lipinski definition) is 3. The number of benzene rings is 2. The van der Waals surface area contributed by atoms with E-state index in [0.717, 1.165) is 18.2 Å². The van der Waals surface area contributed by atoms with Gasteiger partial charge in [0.1, 0.15) is 22.9 Å². The number of aromatic hydroxyl groups is 1. The Hall–Kier alpha value is -2.61. The topological polar surface area (TPSA) is 69.6 Å². The molecule has 2 unspecified atom stereocenters. The Morgan fingerprint density at radius 2 is 1.71 bits per heavy atom. The van der Waals surface area contributed by atoms with Gasteiger partial charge in [0.05, 0.1) is 12.1 Å². The van der Waals surface area contributed by atoms with E-state index in [0.29, 0.717) is 12.1 Å². The van der Waals surface area contributed by atoms with Crippen LogP contribution in [-0.4, -0.2) is 22.2 Å². The number of nitrogens with one attached hydrogen (secondary N) is 1. The van der Waals surface area contributed by atoms with Crippen molar-refractivity contribution in [3.8, 4) is 5.75 Å². The van der Waals surface area contributed by atoms with Gasteiger partial charge in [0.15, 0.2) is 11.6 Å². The monoisotopic (exact) mass is 343 g/mol. The number of phenols is 1. The smallest absolute Gasteiger partial charge is 0.258 e. The second-order valence-electron chi connectivity index (χ2n) is 5.16. The molecule has 0 saturated heterocycles. The highest BCUT2D eigenvalue weighted by molar-refractivity contribution is 5.97. The fourth-order valence-corrected chi connectivity index (χ4v) is 2.13. The maximum absolute atomic E-state index is 13.6. The van der Waals surface area contributed by atoms with Gasteiger partial charge in [-0.3, -0.25) is 4.79 Å². The van der Waals surface area contributed by atoms with Gasteiger partial charge in [-0.05, 0) is 24.6 Å². The highest BCUT2D eigenvalue weighted by Gasteiger charge is 2.24. The summed E-state index contributed by atoms with van der Waals surface area (Å²) in [5.74, 6) is -6.61. The zero-order valence-corrected chi connectivity index (χ0v) is 12.4. The Morgan fingerprint density at radius 3 is 2.29 bits per heavy atom. The molecule has 0 aliphatic heterocycles. The van der Waals surface area contributed by atoms with Crippen molar-refractivity contribution in [3.63, 3.8) is 0 Å². The Balaban J connectivity index is 2.18. The van der Waals surface area contributed by atoms with Crippen LogP contribution in [0.4, 0.5) is 17.6 Å². The third-order valence-electron chi connectivity index (χ3n) is 3.38. The van der Waals surface area contributed by atoms with Gasteiger partial charge in [-0.15, -0.1) is 0 Å². The van der Waals surface area contributed by atoms with E-state index in [4.69, 9.17) is 0 Å². The van der Waals surface area contributed by atoms with Crippen LogP contribution in [0.5, 0.6) is 5.75 Å². The highest BCUT2D eigenvalue weighted by Crippen LogP contribution is 2.24. The maximum Gasteiger partial charge on any atom is 0.258 e. The van der Waals surface area contributed by atoms with E-state index < -0.39 is 52.6 Å². The summed E-state index contributed by atoms with van der Waals surface area (Å²) in [5, 5.41) is 21.7. The maximum atomic E-state index is 13.6. The van der Waals surface area contributed by atoms with Crippen LogP contribution in [0, 0.1) is 23.3 Å². The summed E-state index contributed by atoms with van der Waals surface area (Å²) >= 11 is 0. The first-order valence-corrected chi connectivity index (χ1v) is 6.82. The van der Waals surface area contributed by atoms with Crippen molar-refractivity contribution in [1.29, 1.82) is 0 Å². The number of amides is 1. The highest BCUT2D eigenvalue weighted by atomic mass is 19.2. The van der Waals surface area contributed by atoms with Gasteiger partial charge < -0.3 is 15.5 Å². The van der Waals surface area contributed by atoms with E-state index in [2.05, 4.69) is 5.32 Å². The predicted octanol–water partition coefficient (Wildman–Crippen LogP) is 2.80. The molecule has 0 spiro atoms. The Labute approximate surface area is 134 Å². The second kappa shape index (κ2) is 6.88. The van der Waals surface area contributed by atoms with Crippen molar-refractivity contribution in [1.82, 2.24) is 5.32 Å². The fraction of sp³-hybridized carbons (Fsp3) is 0.188. The lowest BCUT2D eigenvalue weighted by atomic mass is 10.0. The van der Waals surface area contributed by atoms with Crippen LogP contribution in [0.3, 0.4) is 0 Å². The van der Waals surface area contributed by atoms with E-state index in [1.807, 2.05) is 0 Å². The Morgan fingerprint density at radius 1 is 1.04 bits per heavy atom. The Kier molecular flexibility index (Phi) is 5.08. The minimum atomic E-state index is -1.42. The lowest BCUT2D eigenvalue weighted by molar-refractivity contribution is 0.0844. The molecule has 24 heavy (non-hydrogen) atoms. The first-order chi connectivity index (χ1) is 11.2. The normalized spacial score (nSPS) is 13.4. The first-order valence-electron chi connectivity index (χ1n) is 6.82. The minimum Gasteiger partial charge on any atom is -0.507 e. The van der Waals surface area contributed by atoms with E-state index in [1.54, 1.807) is 0 Å². The fourth-order valence-electron chi connectivity index (χ4n) is 2.13. The number of aliphatic hydroxyl groups excluding tert-OH is 1. The van der Waals surface area contributed by atoms with Gasteiger partial charge in [0.2, 0.25) is 0 Å². The molecular weight excluding hydrogens is 330 g/mol. The molecular formula is C16H13F4NO3. The molecule has 1 amide bonds. The predicted molar refractivity (Wildman–Crippen MR) is 76.3 cm³/mol. The lowest BCUT2D eigenvalue weighted by Crippen LogP contribution is -2.37. The number of phenolic OH excluding ortho intramolecular Hbond substituents is 1. The van der Waals surface area contributed by atoms with Gasteiger partial charge in [0, 0.05) is 12.1 Å². The molecule has 0 saturated carbocycles. The number of hydrogen-bond donors (Lipinski definition) is 3. The molecule has 4 nitrogen and oxygen atoms in total. The summed E-state index contributed by atoms with van der Waals surface area (Å²) in [7, 11) is 0. The van der Waals surface area contributed by atoms with Crippen molar-refractivity contribution in [2.45, 2.75) is 19.1 Å². The number of carbonyl (C=O) groups excluding carboxylic acids is 1. The molecule has 0 aliphatic carbocycles. The zero-order valence-electron chi connectivity index (χ0n) is 12.4. The molecule has 2 aromatic carbocycles. The van der Waals surface area contributed by atoms with Crippen molar-refractivity contribution in [3.05, 3.63) is 64.7 Å². The standard InChI is InChI=1S/C16H13F4NO3/c1-7(15(23)8-2-3-10(18)11(19)4-8)21-16(24)14-12(20)5-9(17)6-13(14)22/h2-7,15,22-23H,1H3,(H,21,24). The van der Waals surface area contributed by atoms with Gasteiger partial charge in [-0.25, -0.2) is 17.6 Å². The van der Waals surface area contributed by atoms with Crippen LogP contribution >= 0.6 is 0 Å². The van der Waals surface area contributed by atoms with Crippen molar-refractivity contribution in [2.24, 2.45) is 0 Å². The number of carbonyl (C=O) groups is 1. The van der Waals surface area contributed by atoms with Crippen LogP contribution in [0.2, 0.25) is 0 Å². The van der Waals surface area contributed by atoms with Gasteiger partial charge >= 0.3 is 0 Å². The van der Waals surface area contributed by atoms with E-state index in [1.165, 1.54) is 6.92 Å². The molecule has 2 aromatic rings. The third-order valence-corrected chi connectivity index (χ3v) is 3.38. The van der Waals surface area contributed by atoms with Crippen molar-refractivity contribution in [2.75, 3.05) is 0 Å². The largest absolute Gasteiger partial charge is 0.507 e. The third kappa shape index (κ3) is 3.65. The van der Waals surface area contributed by atoms with E-state index in [9.17, 15) is 32.6 Å². The molecule has 0 bridgehead atoms. The van der Waals surface area contributed by atoms with E-state index in [-0.39, 0.29) is 5.56 Å². The SMILES string of the molecule is CC(NC(=O)c1c(O)cc(F)cc1F)C(O)c1ccc(F)c(F)c1. The Bertz CT molecular complexity index is 759. The average molecular weight is 343 g/mol. The first kappa shape index (κ1) is 17.7. The van der Waals surface area contributed by atoms with Crippen LogP contribution in [-0.2, 0) is 0 Å². The quantitative estimate of drug-likeness (QED) is 0.748. The molecule has 8 heteroatoms. The molecule has 2 atom stereocenters. The number of aliphatic hydroxyl groups is 1. The lowest BCUT2D eigenvalue weighted by Gasteiger charge is -2.21. The second-order valence-corrected chi connectivity index (χ2v) is 5.16. The average Bonchev–Trinajstić information content (AvgIpc) is 2.48. The summed E-state index contributed by atoms with van der Waals surface area (Å²) in [4.78, 5) is 12.0. The molecule has 0 fully saturated rings. The number of rotatable bonds is 4. The summed E-state index contributed by atoms with van der Waals surface area (Å²) < 4.78 is 52.6. The van der Waals surface area contributed by atoms with Crippen LogP contribution in [0.1, 0.15) is 28.9 Å². The van der Waals surface area contributed by atoms with E-state index >= 15 is 0 Å². The molecule has 0 radical (unpaired) electrons. The minimum absolute atomic E-state index is 0.00880. The molecule has 3 N–H and O–H groups in total. The van der Waals surface area contributed by atoms with Crippen molar-refractivity contribution >= 4 is 5.91 Å². The summed E-state index contributed by atoms with van der Waals surface area (Å²) in [6.07, 6.45) is -1.42. The van der Waals surface area contributed by atoms with Gasteiger partial charge in [-0.2, -0.15) is 0 Å². The van der Waals surface area contributed by atoms with Gasteiger partial charge in [0.25, 0.3) is 5.91 Å². The summed E-state index contributed by atoms with van der Waals surface area (Å²) in [5.41, 5.74) is -0.800. The van der Waals surface area contributed by atoms with Crippen molar-refractivity contribution < 1.29 is 32.6 Å². The molecule has 0 aromatic heterocycles.